The molecule has 1 N–H and O–H groups in total. The molecule has 3 heterocycles. The summed E-state index contributed by atoms with van der Waals surface area (Å²) in [4.78, 5) is 19.0. The standard InChI is InChI=1S/C17H27N3O3/c21-14-15-3-5-18(6-4-15)13-17(22)20-9-7-19(8-10-20)12-16-2-1-11-23-16/h1-2,11,15,21H,3-10,12-14H2. The van der Waals surface area contributed by atoms with E-state index in [0.717, 1.165) is 64.4 Å². The fraction of sp³-hybridized carbons (Fsp3) is 0.706. The van der Waals surface area contributed by atoms with Gasteiger partial charge in [0.25, 0.3) is 0 Å². The van der Waals surface area contributed by atoms with Crippen LogP contribution in [0.5, 0.6) is 0 Å². The topological polar surface area (TPSA) is 60.2 Å². The number of carbonyl (C=O) groups excluding carboxylic acids is 1. The van der Waals surface area contributed by atoms with E-state index in [0.29, 0.717) is 12.5 Å². The van der Waals surface area contributed by atoms with Gasteiger partial charge < -0.3 is 14.4 Å². The summed E-state index contributed by atoms with van der Waals surface area (Å²) in [5.41, 5.74) is 0. The van der Waals surface area contributed by atoms with Crippen molar-refractivity contribution in [2.24, 2.45) is 5.92 Å². The van der Waals surface area contributed by atoms with E-state index in [-0.39, 0.29) is 12.5 Å². The minimum Gasteiger partial charge on any atom is -0.468 e. The zero-order chi connectivity index (χ0) is 16.1. The molecular formula is C17H27N3O3. The number of hydrogen-bond acceptors (Lipinski definition) is 5. The van der Waals surface area contributed by atoms with E-state index in [9.17, 15) is 9.90 Å². The molecule has 2 fully saturated rings. The van der Waals surface area contributed by atoms with Crippen molar-refractivity contribution >= 4 is 5.91 Å². The van der Waals surface area contributed by atoms with Crippen molar-refractivity contribution in [2.45, 2.75) is 19.4 Å². The number of piperidine rings is 1. The number of aliphatic hydroxyl groups excluding tert-OH is 1. The van der Waals surface area contributed by atoms with Crippen LogP contribution in [-0.4, -0.2) is 78.1 Å². The number of rotatable bonds is 5. The first kappa shape index (κ1) is 16.5. The molecule has 3 rings (SSSR count). The normalized spacial score (nSPS) is 21.7. The van der Waals surface area contributed by atoms with E-state index in [1.165, 1.54) is 0 Å². The molecular weight excluding hydrogens is 294 g/mol. The molecule has 0 unspecified atom stereocenters. The first-order chi connectivity index (χ1) is 11.2. The first-order valence-electron chi connectivity index (χ1n) is 8.60. The summed E-state index contributed by atoms with van der Waals surface area (Å²) in [5, 5.41) is 9.17. The molecule has 0 atom stereocenters. The number of likely N-dealkylation sites (tertiary alicyclic amines) is 1. The molecule has 6 nitrogen and oxygen atoms in total. The Labute approximate surface area is 137 Å². The van der Waals surface area contributed by atoms with Crippen molar-refractivity contribution in [2.75, 3.05) is 52.4 Å². The Kier molecular flexibility index (Phi) is 5.70. The van der Waals surface area contributed by atoms with Gasteiger partial charge in [-0.3, -0.25) is 14.6 Å². The lowest BCUT2D eigenvalue weighted by molar-refractivity contribution is -0.134. The molecule has 0 aromatic carbocycles. The molecule has 0 saturated carbocycles. The van der Waals surface area contributed by atoms with E-state index in [1.807, 2.05) is 17.0 Å². The Morgan fingerprint density at radius 3 is 2.48 bits per heavy atom. The third kappa shape index (κ3) is 4.56. The SMILES string of the molecule is O=C(CN1CCC(CO)CC1)N1CCN(Cc2ccco2)CC1. The second-order valence-electron chi connectivity index (χ2n) is 6.64. The molecule has 1 aromatic heterocycles. The van der Waals surface area contributed by atoms with Crippen molar-refractivity contribution in [1.29, 1.82) is 0 Å². The van der Waals surface area contributed by atoms with Crippen LogP contribution in [0.15, 0.2) is 22.8 Å². The number of nitrogens with zero attached hydrogens (tertiary/aromatic N) is 3. The van der Waals surface area contributed by atoms with E-state index < -0.39 is 0 Å². The minimum atomic E-state index is 0.241. The van der Waals surface area contributed by atoms with Gasteiger partial charge in [-0.25, -0.2) is 0 Å². The van der Waals surface area contributed by atoms with Crippen LogP contribution < -0.4 is 0 Å². The third-order valence-corrected chi connectivity index (χ3v) is 5.01. The zero-order valence-corrected chi connectivity index (χ0v) is 13.7. The van der Waals surface area contributed by atoms with Crippen molar-refractivity contribution in [3.05, 3.63) is 24.2 Å². The largest absolute Gasteiger partial charge is 0.468 e. The van der Waals surface area contributed by atoms with Crippen LogP contribution in [-0.2, 0) is 11.3 Å². The molecule has 6 heteroatoms. The predicted molar refractivity (Wildman–Crippen MR) is 86.8 cm³/mol. The predicted octanol–water partition coefficient (Wildman–Crippen LogP) is 0.628. The van der Waals surface area contributed by atoms with Crippen LogP contribution in [0.4, 0.5) is 0 Å². The second-order valence-corrected chi connectivity index (χ2v) is 6.64. The second kappa shape index (κ2) is 7.95. The number of furan rings is 1. The van der Waals surface area contributed by atoms with Crippen molar-refractivity contribution < 1.29 is 14.3 Å². The molecule has 2 saturated heterocycles. The number of hydrogen-bond donors (Lipinski definition) is 1. The lowest BCUT2D eigenvalue weighted by atomic mass is 9.98. The number of piperazine rings is 1. The third-order valence-electron chi connectivity index (χ3n) is 5.01. The van der Waals surface area contributed by atoms with E-state index >= 15 is 0 Å². The van der Waals surface area contributed by atoms with Gasteiger partial charge in [0.05, 0.1) is 19.4 Å². The van der Waals surface area contributed by atoms with Gasteiger partial charge in [-0.05, 0) is 44.0 Å². The van der Waals surface area contributed by atoms with Gasteiger partial charge in [0.2, 0.25) is 5.91 Å². The van der Waals surface area contributed by atoms with Crippen LogP contribution in [0.1, 0.15) is 18.6 Å². The number of aliphatic hydroxyl groups is 1. The first-order valence-corrected chi connectivity index (χ1v) is 8.60. The number of amides is 1. The van der Waals surface area contributed by atoms with Gasteiger partial charge >= 0.3 is 0 Å². The lowest BCUT2D eigenvalue weighted by Gasteiger charge is -2.36. The summed E-state index contributed by atoms with van der Waals surface area (Å²) in [6.07, 6.45) is 3.70. The Balaban J connectivity index is 1.38. The van der Waals surface area contributed by atoms with Crippen molar-refractivity contribution in [1.82, 2.24) is 14.7 Å². The summed E-state index contributed by atoms with van der Waals surface area (Å²) in [7, 11) is 0. The minimum absolute atomic E-state index is 0.241. The maximum absolute atomic E-state index is 12.4. The zero-order valence-electron chi connectivity index (χ0n) is 13.7. The number of carbonyl (C=O) groups is 1. The highest BCUT2D eigenvalue weighted by atomic mass is 16.3. The quantitative estimate of drug-likeness (QED) is 0.862. The summed E-state index contributed by atoms with van der Waals surface area (Å²) in [6.45, 7) is 6.88. The van der Waals surface area contributed by atoms with E-state index in [4.69, 9.17) is 4.42 Å². The van der Waals surface area contributed by atoms with Crippen LogP contribution in [0, 0.1) is 5.92 Å². The average Bonchev–Trinajstić information content (AvgIpc) is 3.09. The van der Waals surface area contributed by atoms with Crippen LogP contribution in [0.25, 0.3) is 0 Å². The molecule has 0 spiro atoms. The monoisotopic (exact) mass is 321 g/mol. The van der Waals surface area contributed by atoms with Gasteiger partial charge in [-0.1, -0.05) is 0 Å². The smallest absolute Gasteiger partial charge is 0.236 e. The molecule has 0 bridgehead atoms. The Bertz CT molecular complexity index is 475. The molecule has 0 radical (unpaired) electrons. The maximum Gasteiger partial charge on any atom is 0.236 e. The Morgan fingerprint density at radius 2 is 1.87 bits per heavy atom. The van der Waals surface area contributed by atoms with Gasteiger partial charge in [0, 0.05) is 32.8 Å². The molecule has 2 aliphatic heterocycles. The van der Waals surface area contributed by atoms with Crippen LogP contribution >= 0.6 is 0 Å². The Morgan fingerprint density at radius 1 is 1.13 bits per heavy atom. The molecule has 0 aliphatic carbocycles. The van der Waals surface area contributed by atoms with Crippen molar-refractivity contribution in [3.63, 3.8) is 0 Å². The highest BCUT2D eigenvalue weighted by Crippen LogP contribution is 2.16. The fourth-order valence-electron chi connectivity index (χ4n) is 3.40. The molecule has 23 heavy (non-hydrogen) atoms. The lowest BCUT2D eigenvalue weighted by Crippen LogP contribution is -2.51. The van der Waals surface area contributed by atoms with Crippen molar-refractivity contribution in [3.8, 4) is 0 Å². The summed E-state index contributed by atoms with van der Waals surface area (Å²) in [5.74, 6) is 1.65. The van der Waals surface area contributed by atoms with Crippen LogP contribution in [0.3, 0.4) is 0 Å². The highest BCUT2D eigenvalue weighted by molar-refractivity contribution is 5.78. The molecule has 1 aromatic rings. The highest BCUT2D eigenvalue weighted by Gasteiger charge is 2.25. The maximum atomic E-state index is 12.4. The molecule has 2 aliphatic rings. The van der Waals surface area contributed by atoms with Gasteiger partial charge in [-0.15, -0.1) is 0 Å². The summed E-state index contributed by atoms with van der Waals surface area (Å²) >= 11 is 0. The average molecular weight is 321 g/mol. The Hall–Kier alpha value is -1.37. The molecule has 128 valence electrons. The van der Waals surface area contributed by atoms with Gasteiger partial charge in [0.15, 0.2) is 0 Å². The van der Waals surface area contributed by atoms with E-state index in [1.54, 1.807) is 6.26 Å². The summed E-state index contributed by atoms with van der Waals surface area (Å²) < 4.78 is 5.38. The summed E-state index contributed by atoms with van der Waals surface area (Å²) in [6, 6.07) is 3.91. The molecule has 1 amide bonds. The van der Waals surface area contributed by atoms with Crippen LogP contribution in [0.2, 0.25) is 0 Å². The fourth-order valence-corrected chi connectivity index (χ4v) is 3.40. The van der Waals surface area contributed by atoms with Gasteiger partial charge in [0.1, 0.15) is 5.76 Å². The van der Waals surface area contributed by atoms with E-state index in [2.05, 4.69) is 9.80 Å². The van der Waals surface area contributed by atoms with Gasteiger partial charge in [-0.2, -0.15) is 0 Å².